The molecule has 0 bridgehead atoms. The molecule has 0 unspecified atom stereocenters. The van der Waals surface area contributed by atoms with Gasteiger partial charge in [-0.05, 0) is 48.3 Å². The minimum atomic E-state index is 0.490. The van der Waals surface area contributed by atoms with Crippen LogP contribution in [0, 0.1) is 0 Å². The van der Waals surface area contributed by atoms with Crippen LogP contribution in [-0.4, -0.2) is 36.7 Å². The fourth-order valence-corrected chi connectivity index (χ4v) is 4.29. The van der Waals surface area contributed by atoms with Crippen molar-refractivity contribution in [2.75, 3.05) is 17.1 Å². The number of aromatic nitrogens is 5. The first-order valence-electron chi connectivity index (χ1n) is 11.3. The first-order valence-corrected chi connectivity index (χ1v) is 12.2. The van der Waals surface area contributed by atoms with Gasteiger partial charge in [0.15, 0.2) is 0 Å². The zero-order chi connectivity index (χ0) is 24.4. The highest BCUT2D eigenvalue weighted by molar-refractivity contribution is 8.01. The van der Waals surface area contributed by atoms with Crippen LogP contribution in [0.2, 0.25) is 0 Å². The summed E-state index contributed by atoms with van der Waals surface area (Å²) in [6.45, 7) is 4.32. The van der Waals surface area contributed by atoms with E-state index < -0.39 is 0 Å². The molecule has 0 radical (unpaired) electrons. The van der Waals surface area contributed by atoms with Crippen LogP contribution in [0.3, 0.4) is 0 Å². The maximum atomic E-state index is 5.64. The number of fused-ring (bicyclic) bond motifs is 1. The molecule has 2 aromatic carbocycles. The lowest BCUT2D eigenvalue weighted by molar-refractivity contribution is 0.416. The minimum absolute atomic E-state index is 0.490. The van der Waals surface area contributed by atoms with E-state index in [2.05, 4.69) is 56.7 Å². The molecule has 0 fully saturated rings. The normalized spacial score (nSPS) is 11.2. The number of rotatable bonds is 8. The summed E-state index contributed by atoms with van der Waals surface area (Å²) >= 11 is 1.69. The van der Waals surface area contributed by atoms with E-state index in [9.17, 15) is 0 Å². The van der Waals surface area contributed by atoms with E-state index in [1.54, 1.807) is 23.7 Å². The number of nitrogens with one attached hydrogen (secondary N) is 2. The smallest absolute Gasteiger partial charge is 0.229 e. The molecule has 0 aliphatic heterocycles. The molecule has 5 rings (SSSR count). The Kier molecular flexibility index (Phi) is 6.33. The van der Waals surface area contributed by atoms with Gasteiger partial charge in [-0.3, -0.25) is 4.68 Å². The van der Waals surface area contributed by atoms with Crippen molar-refractivity contribution in [3.05, 3.63) is 73.3 Å². The Labute approximate surface area is 208 Å². The number of benzene rings is 2. The molecular formula is C26H27N7OS. The third-order valence-electron chi connectivity index (χ3n) is 5.44. The summed E-state index contributed by atoms with van der Waals surface area (Å²) in [7, 11) is 3.56. The van der Waals surface area contributed by atoms with Gasteiger partial charge in [0.2, 0.25) is 5.95 Å². The summed E-state index contributed by atoms with van der Waals surface area (Å²) in [4.78, 5) is 9.32. The predicted octanol–water partition coefficient (Wildman–Crippen LogP) is 6.04. The zero-order valence-electron chi connectivity index (χ0n) is 20.1. The van der Waals surface area contributed by atoms with Gasteiger partial charge >= 0.3 is 0 Å². The highest BCUT2D eigenvalue weighted by atomic mass is 32.2. The summed E-state index contributed by atoms with van der Waals surface area (Å²) in [5, 5.41) is 9.03. The zero-order valence-corrected chi connectivity index (χ0v) is 20.9. The molecule has 0 amide bonds. The maximum absolute atomic E-state index is 5.64. The van der Waals surface area contributed by atoms with Crippen molar-refractivity contribution >= 4 is 40.3 Å². The Morgan fingerprint density at radius 2 is 1.91 bits per heavy atom. The molecule has 0 atom stereocenters. The van der Waals surface area contributed by atoms with E-state index in [1.165, 1.54) is 0 Å². The van der Waals surface area contributed by atoms with E-state index >= 15 is 0 Å². The third kappa shape index (κ3) is 4.95. The van der Waals surface area contributed by atoms with Gasteiger partial charge < -0.3 is 19.3 Å². The monoisotopic (exact) mass is 485 g/mol. The molecule has 0 aliphatic carbocycles. The predicted molar refractivity (Wildman–Crippen MR) is 144 cm³/mol. The van der Waals surface area contributed by atoms with E-state index in [0.717, 1.165) is 45.0 Å². The Morgan fingerprint density at radius 1 is 1.03 bits per heavy atom. The molecule has 8 nitrogen and oxygen atoms in total. The van der Waals surface area contributed by atoms with Crippen LogP contribution >= 0.6 is 11.9 Å². The standard InChI is InChI=1S/C26H27N7OS/c1-17(2)35-31-21-6-5-7-22(12-21)33-11-10-18-14-27-26(30-25(18)33)29-20-8-9-23(24(13-20)34-4)19-15-28-32(3)16-19/h5-17,31H,1-4H3,(H,27,29,30). The van der Waals surface area contributed by atoms with Crippen LogP contribution in [0.5, 0.6) is 5.75 Å². The molecule has 0 spiro atoms. The van der Waals surface area contributed by atoms with Crippen molar-refractivity contribution in [1.29, 1.82) is 0 Å². The average Bonchev–Trinajstić information content (AvgIpc) is 3.49. The van der Waals surface area contributed by atoms with Crippen molar-refractivity contribution < 1.29 is 4.74 Å². The van der Waals surface area contributed by atoms with Crippen LogP contribution < -0.4 is 14.8 Å². The first-order chi connectivity index (χ1) is 17.0. The van der Waals surface area contributed by atoms with Gasteiger partial charge in [-0.25, -0.2) is 4.98 Å². The summed E-state index contributed by atoms with van der Waals surface area (Å²) in [6.07, 6.45) is 7.63. The third-order valence-corrected chi connectivity index (χ3v) is 6.26. The largest absolute Gasteiger partial charge is 0.496 e. The number of nitrogens with zero attached hydrogens (tertiary/aromatic N) is 5. The number of hydrogen-bond donors (Lipinski definition) is 2. The second-order valence-corrected chi connectivity index (χ2v) is 9.80. The highest BCUT2D eigenvalue weighted by Gasteiger charge is 2.11. The molecule has 0 saturated carbocycles. The Balaban J connectivity index is 1.43. The van der Waals surface area contributed by atoms with Crippen LogP contribution in [-0.2, 0) is 7.05 Å². The molecular weight excluding hydrogens is 458 g/mol. The van der Waals surface area contributed by atoms with Gasteiger partial charge in [-0.1, -0.05) is 19.9 Å². The molecule has 35 heavy (non-hydrogen) atoms. The summed E-state index contributed by atoms with van der Waals surface area (Å²) < 4.78 is 12.9. The maximum Gasteiger partial charge on any atom is 0.229 e. The van der Waals surface area contributed by atoms with E-state index in [0.29, 0.717) is 11.2 Å². The van der Waals surface area contributed by atoms with Gasteiger partial charge in [-0.2, -0.15) is 10.1 Å². The van der Waals surface area contributed by atoms with Gasteiger partial charge in [0, 0.05) is 70.5 Å². The number of methoxy groups -OCH3 is 1. The number of aryl methyl sites for hydroxylation is 1. The molecule has 0 aliphatic rings. The van der Waals surface area contributed by atoms with Gasteiger partial charge in [0.05, 0.1) is 13.3 Å². The van der Waals surface area contributed by atoms with Crippen molar-refractivity contribution in [3.8, 4) is 22.6 Å². The second kappa shape index (κ2) is 9.71. The van der Waals surface area contributed by atoms with E-state index in [4.69, 9.17) is 9.72 Å². The lowest BCUT2D eigenvalue weighted by Gasteiger charge is -2.12. The van der Waals surface area contributed by atoms with Gasteiger partial charge in [0.1, 0.15) is 11.4 Å². The summed E-state index contributed by atoms with van der Waals surface area (Å²) in [5.41, 5.74) is 5.71. The Bertz CT molecular complexity index is 1470. The fourth-order valence-electron chi connectivity index (χ4n) is 3.79. The summed E-state index contributed by atoms with van der Waals surface area (Å²) in [5.74, 6) is 1.26. The Hall–Kier alpha value is -3.98. The van der Waals surface area contributed by atoms with E-state index in [1.807, 2.05) is 62.2 Å². The number of anilines is 3. The average molecular weight is 486 g/mol. The topological polar surface area (TPSA) is 81.8 Å². The van der Waals surface area contributed by atoms with Crippen LogP contribution in [0.4, 0.5) is 17.3 Å². The SMILES string of the molecule is COc1cc(Nc2ncc3ccn(-c4cccc(NSC(C)C)c4)c3n2)ccc1-c1cnn(C)c1. The summed E-state index contributed by atoms with van der Waals surface area (Å²) in [6, 6.07) is 16.3. The fraction of sp³-hybridized carbons (Fsp3) is 0.192. The number of hydrogen-bond acceptors (Lipinski definition) is 7. The van der Waals surface area contributed by atoms with Crippen molar-refractivity contribution in [2.45, 2.75) is 19.1 Å². The lowest BCUT2D eigenvalue weighted by Crippen LogP contribution is -2.01. The first kappa shape index (κ1) is 22.8. The quantitative estimate of drug-likeness (QED) is 0.259. The van der Waals surface area contributed by atoms with Crippen LogP contribution in [0.25, 0.3) is 27.8 Å². The molecule has 0 saturated heterocycles. The Morgan fingerprint density at radius 3 is 2.69 bits per heavy atom. The lowest BCUT2D eigenvalue weighted by atomic mass is 10.1. The molecule has 178 valence electrons. The second-order valence-electron chi connectivity index (χ2n) is 8.42. The highest BCUT2D eigenvalue weighted by Crippen LogP contribution is 2.33. The molecule has 3 heterocycles. The molecule has 5 aromatic rings. The molecule has 3 aromatic heterocycles. The van der Waals surface area contributed by atoms with Crippen LogP contribution in [0.1, 0.15) is 13.8 Å². The van der Waals surface area contributed by atoms with Crippen LogP contribution in [0.15, 0.2) is 73.3 Å². The van der Waals surface area contributed by atoms with Crippen molar-refractivity contribution in [1.82, 2.24) is 24.3 Å². The van der Waals surface area contributed by atoms with E-state index in [-0.39, 0.29) is 0 Å². The van der Waals surface area contributed by atoms with Crippen molar-refractivity contribution in [3.63, 3.8) is 0 Å². The van der Waals surface area contributed by atoms with Gasteiger partial charge in [-0.15, -0.1) is 0 Å². The number of ether oxygens (including phenoxy) is 1. The van der Waals surface area contributed by atoms with Crippen molar-refractivity contribution in [2.24, 2.45) is 7.05 Å². The molecule has 9 heteroatoms. The molecule has 2 N–H and O–H groups in total. The minimum Gasteiger partial charge on any atom is -0.496 e. The van der Waals surface area contributed by atoms with Gasteiger partial charge in [0.25, 0.3) is 0 Å².